The van der Waals surface area contributed by atoms with Crippen LogP contribution in [0.1, 0.15) is 23.6 Å². The minimum atomic E-state index is -4.37. The molecule has 2 aromatic rings. The van der Waals surface area contributed by atoms with Crippen molar-refractivity contribution in [2.75, 3.05) is 6.54 Å². The van der Waals surface area contributed by atoms with Crippen LogP contribution in [0.2, 0.25) is 0 Å². The molecule has 2 N–H and O–H groups in total. The molecule has 28 heavy (non-hydrogen) atoms. The fourth-order valence-corrected chi connectivity index (χ4v) is 2.41. The van der Waals surface area contributed by atoms with E-state index in [9.17, 15) is 22.8 Å². The monoisotopic (exact) mass is 390 g/mol. The number of alkyl halides is 3. The van der Waals surface area contributed by atoms with E-state index in [1.54, 1.807) is 13.0 Å². The lowest BCUT2D eigenvalue weighted by molar-refractivity contribution is -0.137. The molecule has 0 radical (unpaired) electrons. The van der Waals surface area contributed by atoms with E-state index in [1.807, 2.05) is 30.3 Å². The molecule has 0 saturated carbocycles. The topological polar surface area (TPSA) is 58.2 Å². The summed E-state index contributed by atoms with van der Waals surface area (Å²) < 4.78 is 37.6. The number of halogens is 3. The van der Waals surface area contributed by atoms with Gasteiger partial charge in [0.15, 0.2) is 0 Å². The van der Waals surface area contributed by atoms with Crippen molar-refractivity contribution in [1.29, 1.82) is 0 Å². The van der Waals surface area contributed by atoms with Gasteiger partial charge in [-0.15, -0.1) is 0 Å². The smallest absolute Gasteiger partial charge is 0.354 e. The molecule has 0 aliphatic rings. The van der Waals surface area contributed by atoms with Crippen molar-refractivity contribution in [3.05, 3.63) is 77.4 Å². The van der Waals surface area contributed by atoms with Crippen molar-refractivity contribution in [2.45, 2.75) is 25.6 Å². The molecule has 0 aliphatic heterocycles. The lowest BCUT2D eigenvalue weighted by Gasteiger charge is -2.13. The molecule has 7 heteroatoms. The molecule has 148 valence electrons. The summed E-state index contributed by atoms with van der Waals surface area (Å²) in [6.45, 7) is 1.81. The van der Waals surface area contributed by atoms with E-state index < -0.39 is 23.7 Å². The first-order valence-electron chi connectivity index (χ1n) is 8.73. The molecular formula is C21H21F3N2O2. The third kappa shape index (κ3) is 6.90. The van der Waals surface area contributed by atoms with Crippen LogP contribution in [-0.4, -0.2) is 24.4 Å². The van der Waals surface area contributed by atoms with E-state index >= 15 is 0 Å². The van der Waals surface area contributed by atoms with Crippen LogP contribution in [0.25, 0.3) is 6.08 Å². The first-order valence-corrected chi connectivity index (χ1v) is 8.73. The third-order valence-electron chi connectivity index (χ3n) is 3.97. The van der Waals surface area contributed by atoms with Crippen LogP contribution in [0.4, 0.5) is 13.2 Å². The van der Waals surface area contributed by atoms with Crippen LogP contribution < -0.4 is 10.6 Å². The van der Waals surface area contributed by atoms with Gasteiger partial charge in [0, 0.05) is 12.6 Å². The van der Waals surface area contributed by atoms with Crippen molar-refractivity contribution in [1.82, 2.24) is 10.6 Å². The van der Waals surface area contributed by atoms with Crippen molar-refractivity contribution >= 4 is 17.9 Å². The number of carbonyl (C=O) groups is 2. The summed E-state index contributed by atoms with van der Waals surface area (Å²) in [7, 11) is 0. The number of hydrogen-bond acceptors (Lipinski definition) is 2. The quantitative estimate of drug-likeness (QED) is 0.710. The first kappa shape index (κ1) is 21.2. The Hall–Kier alpha value is -3.09. The van der Waals surface area contributed by atoms with Gasteiger partial charge in [0.2, 0.25) is 11.8 Å². The number of carbonyl (C=O) groups excluding carboxylic acids is 2. The molecule has 0 aliphatic carbocycles. The molecule has 0 aromatic heterocycles. The second-order valence-electron chi connectivity index (χ2n) is 6.21. The van der Waals surface area contributed by atoms with Crippen LogP contribution in [0, 0.1) is 0 Å². The fourth-order valence-electron chi connectivity index (χ4n) is 2.41. The van der Waals surface area contributed by atoms with Crippen LogP contribution in [0.5, 0.6) is 0 Å². The maximum Gasteiger partial charge on any atom is 0.416 e. The van der Waals surface area contributed by atoms with Gasteiger partial charge in [0.1, 0.15) is 6.04 Å². The predicted octanol–water partition coefficient (Wildman–Crippen LogP) is 3.58. The zero-order chi connectivity index (χ0) is 20.6. The second kappa shape index (κ2) is 9.73. The standard InChI is InChI=1S/C21H21F3N2O2/c1-15(26-19(27)12-9-16-5-3-2-4-6-16)20(28)25-14-13-17-7-10-18(11-8-17)21(22,23)24/h2-12,15H,13-14H2,1H3,(H,25,28)(H,26,27)/b12-9+. The Morgan fingerprint density at radius 1 is 1.04 bits per heavy atom. The maximum atomic E-state index is 12.5. The summed E-state index contributed by atoms with van der Waals surface area (Å²) >= 11 is 0. The lowest BCUT2D eigenvalue weighted by Crippen LogP contribution is -2.44. The highest BCUT2D eigenvalue weighted by Crippen LogP contribution is 2.29. The summed E-state index contributed by atoms with van der Waals surface area (Å²) in [5.74, 6) is -0.761. The molecule has 1 unspecified atom stereocenters. The molecule has 2 rings (SSSR count). The SMILES string of the molecule is CC(NC(=O)/C=C/c1ccccc1)C(=O)NCCc1ccc(C(F)(F)F)cc1. The Morgan fingerprint density at radius 2 is 1.68 bits per heavy atom. The van der Waals surface area contributed by atoms with Crippen molar-refractivity contribution < 1.29 is 22.8 Å². The zero-order valence-electron chi connectivity index (χ0n) is 15.3. The summed E-state index contributed by atoms with van der Waals surface area (Å²) in [5, 5.41) is 5.21. The molecular weight excluding hydrogens is 369 g/mol. The first-order chi connectivity index (χ1) is 13.3. The Morgan fingerprint density at radius 3 is 2.29 bits per heavy atom. The number of rotatable bonds is 7. The normalized spacial score (nSPS) is 12.6. The largest absolute Gasteiger partial charge is 0.416 e. The average Bonchev–Trinajstić information content (AvgIpc) is 2.66. The molecule has 2 amide bonds. The molecule has 0 saturated heterocycles. The molecule has 4 nitrogen and oxygen atoms in total. The Kier molecular flexibility index (Phi) is 7.37. The Bertz CT molecular complexity index is 816. The molecule has 1 atom stereocenters. The van der Waals surface area contributed by atoms with Gasteiger partial charge in [-0.1, -0.05) is 42.5 Å². The van der Waals surface area contributed by atoms with Gasteiger partial charge < -0.3 is 10.6 Å². The van der Waals surface area contributed by atoms with E-state index in [1.165, 1.54) is 18.2 Å². The minimum Gasteiger partial charge on any atom is -0.354 e. The van der Waals surface area contributed by atoms with E-state index in [0.717, 1.165) is 17.7 Å². The molecule has 2 aromatic carbocycles. The third-order valence-corrected chi connectivity index (χ3v) is 3.97. The van der Waals surface area contributed by atoms with Gasteiger partial charge in [-0.25, -0.2) is 0 Å². The fraction of sp³-hybridized carbons (Fsp3) is 0.238. The highest BCUT2D eigenvalue weighted by molar-refractivity contribution is 5.95. The average molecular weight is 390 g/mol. The van der Waals surface area contributed by atoms with E-state index in [0.29, 0.717) is 12.0 Å². The Balaban J connectivity index is 1.74. The van der Waals surface area contributed by atoms with Crippen LogP contribution in [-0.2, 0) is 22.2 Å². The van der Waals surface area contributed by atoms with Gasteiger partial charge in [-0.2, -0.15) is 13.2 Å². The van der Waals surface area contributed by atoms with Crippen LogP contribution in [0.3, 0.4) is 0 Å². The van der Waals surface area contributed by atoms with E-state index in [2.05, 4.69) is 10.6 Å². The molecule has 0 spiro atoms. The van der Waals surface area contributed by atoms with Gasteiger partial charge in [-0.05, 0) is 42.7 Å². The predicted molar refractivity (Wildman–Crippen MR) is 101 cm³/mol. The molecule has 0 fully saturated rings. The summed E-state index contributed by atoms with van der Waals surface area (Å²) in [5.41, 5.74) is 0.835. The zero-order valence-corrected chi connectivity index (χ0v) is 15.3. The Labute approximate surface area is 161 Å². The number of hydrogen-bond donors (Lipinski definition) is 2. The molecule has 0 bridgehead atoms. The van der Waals surface area contributed by atoms with Gasteiger partial charge in [-0.3, -0.25) is 9.59 Å². The second-order valence-corrected chi connectivity index (χ2v) is 6.21. The van der Waals surface area contributed by atoms with E-state index in [4.69, 9.17) is 0 Å². The number of nitrogens with one attached hydrogen (secondary N) is 2. The van der Waals surface area contributed by atoms with Crippen molar-refractivity contribution in [3.63, 3.8) is 0 Å². The van der Waals surface area contributed by atoms with Crippen LogP contribution >= 0.6 is 0 Å². The van der Waals surface area contributed by atoms with Crippen molar-refractivity contribution in [2.24, 2.45) is 0 Å². The van der Waals surface area contributed by atoms with Gasteiger partial charge >= 0.3 is 6.18 Å². The minimum absolute atomic E-state index is 0.254. The number of amides is 2. The van der Waals surface area contributed by atoms with Crippen molar-refractivity contribution in [3.8, 4) is 0 Å². The highest BCUT2D eigenvalue weighted by atomic mass is 19.4. The van der Waals surface area contributed by atoms with Crippen LogP contribution in [0.15, 0.2) is 60.7 Å². The van der Waals surface area contributed by atoms with Gasteiger partial charge in [0.25, 0.3) is 0 Å². The number of benzene rings is 2. The maximum absolute atomic E-state index is 12.5. The summed E-state index contributed by atoms with van der Waals surface area (Å²) in [4.78, 5) is 23.9. The van der Waals surface area contributed by atoms with Gasteiger partial charge in [0.05, 0.1) is 5.56 Å². The summed E-state index contributed by atoms with van der Waals surface area (Å²) in [6.07, 6.45) is -0.986. The highest BCUT2D eigenvalue weighted by Gasteiger charge is 2.29. The molecule has 0 heterocycles. The summed E-state index contributed by atoms with van der Waals surface area (Å²) in [6, 6.07) is 13.3. The van der Waals surface area contributed by atoms with E-state index in [-0.39, 0.29) is 12.5 Å². The lowest BCUT2D eigenvalue weighted by atomic mass is 10.1.